The van der Waals surface area contributed by atoms with Crippen molar-refractivity contribution in [3.8, 4) is 0 Å². The third kappa shape index (κ3) is 3.70. The van der Waals surface area contributed by atoms with Crippen LogP contribution in [-0.2, 0) is 13.1 Å². The highest BCUT2D eigenvalue weighted by molar-refractivity contribution is 5.85. The van der Waals surface area contributed by atoms with Crippen LogP contribution in [-0.4, -0.2) is 36.0 Å². The van der Waals surface area contributed by atoms with Gasteiger partial charge in [-0.15, -0.1) is 12.4 Å². The molecule has 0 amide bonds. The van der Waals surface area contributed by atoms with Crippen LogP contribution in [0.3, 0.4) is 0 Å². The molecule has 0 radical (unpaired) electrons. The summed E-state index contributed by atoms with van der Waals surface area (Å²) in [4.78, 5) is 5.03. The van der Waals surface area contributed by atoms with Gasteiger partial charge < -0.3 is 4.90 Å². The van der Waals surface area contributed by atoms with E-state index in [1.54, 1.807) is 0 Å². The molecular weight excluding hydrogens is 232 g/mol. The number of benzene rings is 1. The number of hydrogen-bond acceptors (Lipinski definition) is 2. The highest BCUT2D eigenvalue weighted by atomic mass is 35.5. The molecule has 17 heavy (non-hydrogen) atoms. The van der Waals surface area contributed by atoms with E-state index in [9.17, 15) is 0 Å². The van der Waals surface area contributed by atoms with Gasteiger partial charge in [0.1, 0.15) is 0 Å². The third-order valence-corrected chi connectivity index (χ3v) is 3.53. The SMILES string of the molecule is CCN(CC)CCN1Cc2ccccc2C1.Cl. The lowest BCUT2D eigenvalue weighted by Gasteiger charge is -2.22. The van der Waals surface area contributed by atoms with E-state index in [0.717, 1.165) is 26.2 Å². The topological polar surface area (TPSA) is 6.48 Å². The van der Waals surface area contributed by atoms with E-state index in [1.807, 2.05) is 0 Å². The maximum absolute atomic E-state index is 2.54. The molecule has 0 unspecified atom stereocenters. The number of rotatable bonds is 5. The van der Waals surface area contributed by atoms with Gasteiger partial charge in [0.15, 0.2) is 0 Å². The summed E-state index contributed by atoms with van der Waals surface area (Å²) in [6.07, 6.45) is 0. The number of fused-ring (bicyclic) bond motifs is 1. The fourth-order valence-corrected chi connectivity index (χ4v) is 2.38. The summed E-state index contributed by atoms with van der Waals surface area (Å²) in [5, 5.41) is 0. The molecule has 3 heteroatoms. The molecule has 0 bridgehead atoms. The Morgan fingerprint density at radius 3 is 2.06 bits per heavy atom. The highest BCUT2D eigenvalue weighted by Crippen LogP contribution is 2.21. The maximum Gasteiger partial charge on any atom is 0.0241 e. The van der Waals surface area contributed by atoms with Gasteiger partial charge in [0, 0.05) is 26.2 Å². The lowest BCUT2D eigenvalue weighted by atomic mass is 10.1. The molecule has 0 saturated heterocycles. The van der Waals surface area contributed by atoms with Gasteiger partial charge >= 0.3 is 0 Å². The van der Waals surface area contributed by atoms with E-state index >= 15 is 0 Å². The maximum atomic E-state index is 2.54. The average molecular weight is 255 g/mol. The van der Waals surface area contributed by atoms with E-state index in [-0.39, 0.29) is 12.4 Å². The Bertz CT molecular complexity index is 312. The average Bonchev–Trinajstić information content (AvgIpc) is 2.73. The van der Waals surface area contributed by atoms with Gasteiger partial charge in [0.2, 0.25) is 0 Å². The van der Waals surface area contributed by atoms with Crippen LogP contribution in [0.15, 0.2) is 24.3 Å². The van der Waals surface area contributed by atoms with Crippen molar-refractivity contribution in [2.45, 2.75) is 26.9 Å². The zero-order valence-electron chi connectivity index (χ0n) is 10.9. The molecule has 0 aliphatic carbocycles. The van der Waals surface area contributed by atoms with Gasteiger partial charge in [0.05, 0.1) is 0 Å². The Morgan fingerprint density at radius 1 is 1.06 bits per heavy atom. The highest BCUT2D eigenvalue weighted by Gasteiger charge is 2.17. The normalized spacial score (nSPS) is 14.8. The summed E-state index contributed by atoms with van der Waals surface area (Å²) >= 11 is 0. The van der Waals surface area contributed by atoms with Crippen molar-refractivity contribution in [3.05, 3.63) is 35.4 Å². The standard InChI is InChI=1S/C14H22N2.ClH/c1-3-15(4-2)9-10-16-11-13-7-5-6-8-14(13)12-16;/h5-8H,3-4,9-12H2,1-2H3;1H. The van der Waals surface area contributed by atoms with E-state index in [4.69, 9.17) is 0 Å². The van der Waals surface area contributed by atoms with Gasteiger partial charge in [0.25, 0.3) is 0 Å². The first kappa shape index (κ1) is 14.5. The molecule has 1 aromatic carbocycles. The summed E-state index contributed by atoms with van der Waals surface area (Å²) in [6, 6.07) is 8.80. The van der Waals surface area contributed by atoms with Crippen molar-refractivity contribution in [2.24, 2.45) is 0 Å². The zero-order chi connectivity index (χ0) is 11.4. The second kappa shape index (κ2) is 7.00. The summed E-state index contributed by atoms with van der Waals surface area (Å²) in [5.74, 6) is 0. The Morgan fingerprint density at radius 2 is 1.59 bits per heavy atom. The molecule has 0 saturated carbocycles. The fourth-order valence-electron chi connectivity index (χ4n) is 2.38. The second-order valence-corrected chi connectivity index (χ2v) is 4.51. The molecule has 1 heterocycles. The van der Waals surface area contributed by atoms with Crippen LogP contribution in [0, 0.1) is 0 Å². The van der Waals surface area contributed by atoms with Crippen LogP contribution >= 0.6 is 12.4 Å². The molecular formula is C14H23ClN2. The zero-order valence-corrected chi connectivity index (χ0v) is 11.7. The molecule has 2 rings (SSSR count). The Kier molecular flexibility index (Phi) is 5.96. The van der Waals surface area contributed by atoms with Gasteiger partial charge in [-0.25, -0.2) is 0 Å². The first-order valence-electron chi connectivity index (χ1n) is 6.35. The predicted octanol–water partition coefficient (Wildman–Crippen LogP) is 2.77. The van der Waals surface area contributed by atoms with Crippen molar-refractivity contribution in [3.63, 3.8) is 0 Å². The number of hydrogen-bond donors (Lipinski definition) is 0. The smallest absolute Gasteiger partial charge is 0.0241 e. The second-order valence-electron chi connectivity index (χ2n) is 4.51. The van der Waals surface area contributed by atoms with E-state index in [2.05, 4.69) is 47.9 Å². The van der Waals surface area contributed by atoms with E-state index in [1.165, 1.54) is 24.2 Å². The fraction of sp³-hybridized carbons (Fsp3) is 0.571. The van der Waals surface area contributed by atoms with Crippen LogP contribution in [0.4, 0.5) is 0 Å². The third-order valence-electron chi connectivity index (χ3n) is 3.53. The molecule has 1 aliphatic heterocycles. The quantitative estimate of drug-likeness (QED) is 0.797. The first-order valence-corrected chi connectivity index (χ1v) is 6.35. The first-order chi connectivity index (χ1) is 7.83. The molecule has 96 valence electrons. The van der Waals surface area contributed by atoms with Crippen molar-refractivity contribution in [2.75, 3.05) is 26.2 Å². The van der Waals surface area contributed by atoms with Crippen molar-refractivity contribution in [1.29, 1.82) is 0 Å². The molecule has 0 aromatic heterocycles. The van der Waals surface area contributed by atoms with Gasteiger partial charge in [-0.2, -0.15) is 0 Å². The number of nitrogens with zero attached hydrogens (tertiary/aromatic N) is 2. The minimum Gasteiger partial charge on any atom is -0.303 e. The molecule has 0 atom stereocenters. The number of halogens is 1. The van der Waals surface area contributed by atoms with Gasteiger partial charge in [-0.1, -0.05) is 38.1 Å². The predicted molar refractivity (Wildman–Crippen MR) is 75.6 cm³/mol. The molecule has 0 fully saturated rings. The minimum atomic E-state index is 0. The Balaban J connectivity index is 0.00000144. The largest absolute Gasteiger partial charge is 0.303 e. The van der Waals surface area contributed by atoms with Crippen LogP contribution in [0.5, 0.6) is 0 Å². The van der Waals surface area contributed by atoms with Crippen LogP contribution < -0.4 is 0 Å². The molecule has 2 nitrogen and oxygen atoms in total. The molecule has 1 aliphatic rings. The van der Waals surface area contributed by atoms with Gasteiger partial charge in [-0.05, 0) is 24.2 Å². The lowest BCUT2D eigenvalue weighted by Crippen LogP contribution is -2.32. The summed E-state index contributed by atoms with van der Waals surface area (Å²) in [6.45, 7) is 11.5. The van der Waals surface area contributed by atoms with Crippen molar-refractivity contribution < 1.29 is 0 Å². The van der Waals surface area contributed by atoms with E-state index < -0.39 is 0 Å². The Labute approximate surface area is 111 Å². The monoisotopic (exact) mass is 254 g/mol. The van der Waals surface area contributed by atoms with Crippen LogP contribution in [0.25, 0.3) is 0 Å². The lowest BCUT2D eigenvalue weighted by molar-refractivity contribution is 0.216. The van der Waals surface area contributed by atoms with Crippen LogP contribution in [0.1, 0.15) is 25.0 Å². The van der Waals surface area contributed by atoms with Gasteiger partial charge in [-0.3, -0.25) is 4.90 Å². The van der Waals surface area contributed by atoms with Crippen molar-refractivity contribution >= 4 is 12.4 Å². The summed E-state index contributed by atoms with van der Waals surface area (Å²) in [5.41, 5.74) is 3.03. The summed E-state index contributed by atoms with van der Waals surface area (Å²) < 4.78 is 0. The number of likely N-dealkylation sites (N-methyl/N-ethyl adjacent to an activating group) is 1. The van der Waals surface area contributed by atoms with E-state index in [0.29, 0.717) is 0 Å². The summed E-state index contributed by atoms with van der Waals surface area (Å²) in [7, 11) is 0. The molecule has 0 N–H and O–H groups in total. The van der Waals surface area contributed by atoms with Crippen LogP contribution in [0.2, 0.25) is 0 Å². The van der Waals surface area contributed by atoms with Crippen molar-refractivity contribution in [1.82, 2.24) is 9.80 Å². The Hall–Kier alpha value is -0.570. The molecule has 1 aromatic rings. The minimum absolute atomic E-state index is 0. The molecule has 0 spiro atoms.